The van der Waals surface area contributed by atoms with Gasteiger partial charge in [0.05, 0.1) is 20.3 Å². The average Bonchev–Trinajstić information content (AvgIpc) is 2.52. The van der Waals surface area contributed by atoms with E-state index >= 15 is 0 Å². The Kier molecular flexibility index (Phi) is 7.95. The van der Waals surface area contributed by atoms with Crippen molar-refractivity contribution < 1.29 is 28.9 Å². The number of ether oxygens (including phenoxy) is 3. The van der Waals surface area contributed by atoms with Gasteiger partial charge in [-0.1, -0.05) is 12.1 Å². The monoisotopic (exact) mass is 311 g/mol. The second-order valence-electron chi connectivity index (χ2n) is 4.36. The predicted octanol–water partition coefficient (Wildman–Crippen LogP) is 0.990. The smallest absolute Gasteiger partial charge is 0.330 e. The third-order valence-electron chi connectivity index (χ3n) is 2.81. The number of carbonyl (C=O) groups excluding carboxylic acids is 1. The molecule has 1 rings (SSSR count). The molecule has 0 bridgehead atoms. The highest BCUT2D eigenvalue weighted by Crippen LogP contribution is 2.17. The summed E-state index contributed by atoms with van der Waals surface area (Å²) in [6.45, 7) is 2.90. The number of aliphatic carboxylic acids is 1. The van der Waals surface area contributed by atoms with Crippen molar-refractivity contribution in [3.63, 3.8) is 0 Å². The van der Waals surface area contributed by atoms with Gasteiger partial charge in [0.2, 0.25) is 5.91 Å². The molecule has 22 heavy (non-hydrogen) atoms. The van der Waals surface area contributed by atoms with Crippen molar-refractivity contribution in [2.75, 3.05) is 33.5 Å². The number of benzene rings is 1. The molecule has 0 saturated heterocycles. The molecule has 7 heteroatoms. The molecule has 7 nitrogen and oxygen atoms in total. The second kappa shape index (κ2) is 9.75. The lowest BCUT2D eigenvalue weighted by Gasteiger charge is -2.15. The normalized spacial score (nSPS) is 11.7. The lowest BCUT2D eigenvalue weighted by Crippen LogP contribution is -2.36. The van der Waals surface area contributed by atoms with Gasteiger partial charge in [0.25, 0.3) is 0 Å². The van der Waals surface area contributed by atoms with E-state index < -0.39 is 17.9 Å². The Morgan fingerprint density at radius 3 is 2.36 bits per heavy atom. The van der Waals surface area contributed by atoms with Gasteiger partial charge in [-0.2, -0.15) is 0 Å². The van der Waals surface area contributed by atoms with E-state index in [9.17, 15) is 14.7 Å². The van der Waals surface area contributed by atoms with Crippen LogP contribution in [0.5, 0.6) is 5.75 Å². The van der Waals surface area contributed by atoms with Crippen molar-refractivity contribution in [3.05, 3.63) is 29.8 Å². The zero-order chi connectivity index (χ0) is 16.4. The van der Waals surface area contributed by atoms with Crippen LogP contribution in [0.1, 0.15) is 18.5 Å². The van der Waals surface area contributed by atoms with Crippen LogP contribution in [0.2, 0.25) is 0 Å². The summed E-state index contributed by atoms with van der Waals surface area (Å²) in [5, 5.41) is 11.7. The van der Waals surface area contributed by atoms with Crippen molar-refractivity contribution in [1.82, 2.24) is 5.32 Å². The molecule has 2 N–H and O–H groups in total. The summed E-state index contributed by atoms with van der Waals surface area (Å²) in [6.07, 6.45) is 0. The summed E-state index contributed by atoms with van der Waals surface area (Å²) in [5.41, 5.74) is 0.455. The standard InChI is InChI=1S/C15H21NO6/c1-3-21-8-9-22-10-13(17)16-14(15(18)19)11-4-6-12(20-2)7-5-11/h4-7,14H,3,8-10H2,1-2H3,(H,16,17)(H,18,19). The van der Waals surface area contributed by atoms with E-state index in [0.29, 0.717) is 24.5 Å². The molecular formula is C15H21NO6. The molecule has 0 aliphatic rings. The third kappa shape index (κ3) is 6.11. The third-order valence-corrected chi connectivity index (χ3v) is 2.81. The van der Waals surface area contributed by atoms with Gasteiger partial charge >= 0.3 is 5.97 Å². The van der Waals surface area contributed by atoms with Gasteiger partial charge in [-0.15, -0.1) is 0 Å². The molecule has 0 saturated carbocycles. The lowest BCUT2D eigenvalue weighted by atomic mass is 10.1. The number of rotatable bonds is 10. The summed E-state index contributed by atoms with van der Waals surface area (Å²) in [5.74, 6) is -1.04. The quantitative estimate of drug-likeness (QED) is 0.626. The number of nitrogens with one attached hydrogen (secondary N) is 1. The molecule has 1 amide bonds. The van der Waals surface area contributed by atoms with Crippen LogP contribution in [0.15, 0.2) is 24.3 Å². The fourth-order valence-electron chi connectivity index (χ4n) is 1.71. The summed E-state index contributed by atoms with van der Waals surface area (Å²) >= 11 is 0. The molecule has 0 aliphatic heterocycles. The van der Waals surface area contributed by atoms with E-state index in [1.807, 2.05) is 6.92 Å². The maximum atomic E-state index is 11.7. The minimum atomic E-state index is -1.15. The predicted molar refractivity (Wildman–Crippen MR) is 78.8 cm³/mol. The van der Waals surface area contributed by atoms with Gasteiger partial charge in [0.15, 0.2) is 6.04 Å². The molecule has 0 spiro atoms. The highest BCUT2D eigenvalue weighted by Gasteiger charge is 2.22. The van der Waals surface area contributed by atoms with Crippen molar-refractivity contribution in [3.8, 4) is 5.75 Å². The second-order valence-corrected chi connectivity index (χ2v) is 4.36. The molecule has 0 heterocycles. The summed E-state index contributed by atoms with van der Waals surface area (Å²) in [6, 6.07) is 5.32. The van der Waals surface area contributed by atoms with Gasteiger partial charge in [-0.25, -0.2) is 4.79 Å². The van der Waals surface area contributed by atoms with Gasteiger partial charge in [-0.05, 0) is 24.6 Å². The van der Waals surface area contributed by atoms with Crippen LogP contribution in [0, 0.1) is 0 Å². The lowest BCUT2D eigenvalue weighted by molar-refractivity contribution is -0.142. The number of carbonyl (C=O) groups is 2. The minimum Gasteiger partial charge on any atom is -0.497 e. The first-order chi connectivity index (χ1) is 10.6. The molecule has 1 atom stereocenters. The maximum Gasteiger partial charge on any atom is 0.330 e. The zero-order valence-electron chi connectivity index (χ0n) is 12.7. The zero-order valence-corrected chi connectivity index (χ0v) is 12.7. The van der Waals surface area contributed by atoms with Crippen molar-refractivity contribution in [1.29, 1.82) is 0 Å². The molecular weight excluding hydrogens is 290 g/mol. The van der Waals surface area contributed by atoms with Gasteiger partial charge in [0.1, 0.15) is 12.4 Å². The van der Waals surface area contributed by atoms with Gasteiger partial charge in [0, 0.05) is 6.61 Å². The fourth-order valence-corrected chi connectivity index (χ4v) is 1.71. The Labute approximate surface area is 129 Å². The van der Waals surface area contributed by atoms with Crippen molar-refractivity contribution in [2.45, 2.75) is 13.0 Å². The van der Waals surface area contributed by atoms with Crippen LogP contribution in [0.3, 0.4) is 0 Å². The molecule has 0 aliphatic carbocycles. The number of carboxylic acid groups (broad SMARTS) is 1. The van der Waals surface area contributed by atoms with Crippen LogP contribution in [0.4, 0.5) is 0 Å². The first-order valence-electron chi connectivity index (χ1n) is 6.90. The van der Waals surface area contributed by atoms with Crippen molar-refractivity contribution >= 4 is 11.9 Å². The number of hydrogen-bond acceptors (Lipinski definition) is 5. The van der Waals surface area contributed by atoms with Crippen LogP contribution < -0.4 is 10.1 Å². The first kappa shape index (κ1) is 17.9. The molecule has 1 unspecified atom stereocenters. The summed E-state index contributed by atoms with van der Waals surface area (Å²) in [4.78, 5) is 23.0. The van der Waals surface area contributed by atoms with Crippen molar-refractivity contribution in [2.24, 2.45) is 0 Å². The Morgan fingerprint density at radius 2 is 1.82 bits per heavy atom. The van der Waals surface area contributed by atoms with Crippen LogP contribution >= 0.6 is 0 Å². The first-order valence-corrected chi connectivity index (χ1v) is 6.90. The summed E-state index contributed by atoms with van der Waals surface area (Å²) < 4.78 is 15.2. The largest absolute Gasteiger partial charge is 0.497 e. The molecule has 1 aromatic carbocycles. The molecule has 1 aromatic rings. The fraction of sp³-hybridized carbons (Fsp3) is 0.467. The molecule has 0 radical (unpaired) electrons. The van der Waals surface area contributed by atoms with E-state index in [0.717, 1.165) is 0 Å². The van der Waals surface area contributed by atoms with E-state index in [4.69, 9.17) is 14.2 Å². The Hall–Kier alpha value is -2.12. The number of hydrogen-bond donors (Lipinski definition) is 2. The molecule has 122 valence electrons. The number of amides is 1. The van der Waals surface area contributed by atoms with E-state index in [-0.39, 0.29) is 13.2 Å². The van der Waals surface area contributed by atoms with Crippen LogP contribution in [-0.2, 0) is 19.1 Å². The van der Waals surface area contributed by atoms with E-state index in [2.05, 4.69) is 5.32 Å². The molecule has 0 aromatic heterocycles. The summed E-state index contributed by atoms with van der Waals surface area (Å²) in [7, 11) is 1.52. The number of carboxylic acids is 1. The maximum absolute atomic E-state index is 11.7. The van der Waals surface area contributed by atoms with E-state index in [1.54, 1.807) is 24.3 Å². The Balaban J connectivity index is 2.52. The highest BCUT2D eigenvalue weighted by molar-refractivity contribution is 5.85. The Bertz CT molecular complexity index is 473. The Morgan fingerprint density at radius 1 is 1.18 bits per heavy atom. The van der Waals surface area contributed by atoms with Crippen LogP contribution in [-0.4, -0.2) is 50.5 Å². The average molecular weight is 311 g/mol. The van der Waals surface area contributed by atoms with E-state index in [1.165, 1.54) is 7.11 Å². The van der Waals surface area contributed by atoms with Gasteiger partial charge in [-0.3, -0.25) is 4.79 Å². The van der Waals surface area contributed by atoms with Crippen LogP contribution in [0.25, 0.3) is 0 Å². The molecule has 0 fully saturated rings. The number of methoxy groups -OCH3 is 1. The SMILES string of the molecule is CCOCCOCC(=O)NC(C(=O)O)c1ccc(OC)cc1. The van der Waals surface area contributed by atoms with Gasteiger partial charge < -0.3 is 24.6 Å². The topological polar surface area (TPSA) is 94.1 Å². The minimum absolute atomic E-state index is 0.215. The highest BCUT2D eigenvalue weighted by atomic mass is 16.5.